The minimum absolute atomic E-state index is 0. The third kappa shape index (κ3) is 7.37. The number of aromatic nitrogens is 1. The average molecular weight is 411 g/mol. The number of nitrogen functional groups attached to an aromatic ring is 1. The Morgan fingerprint density at radius 1 is 1.11 bits per heavy atom. The number of halogens is 2. The molecular weight excluding hydrogens is 383 g/mol. The van der Waals surface area contributed by atoms with Crippen LogP contribution in [0.15, 0.2) is 48.8 Å². The topological polar surface area (TPSA) is 71.2 Å². The normalized spacial score (nSPS) is 14.7. The Bertz CT molecular complexity index is 691. The van der Waals surface area contributed by atoms with Gasteiger partial charge in [0, 0.05) is 50.2 Å². The number of benzene rings is 1. The quantitative estimate of drug-likeness (QED) is 0.717. The lowest BCUT2D eigenvalue weighted by molar-refractivity contribution is -0.122. The molecule has 2 heterocycles. The van der Waals surface area contributed by atoms with E-state index in [1.54, 1.807) is 0 Å². The summed E-state index contributed by atoms with van der Waals surface area (Å²) in [6.07, 6.45) is 6.86. The van der Waals surface area contributed by atoms with Gasteiger partial charge in [-0.2, -0.15) is 0 Å². The van der Waals surface area contributed by atoms with E-state index in [0.717, 1.165) is 43.7 Å². The average Bonchev–Trinajstić information content (AvgIpc) is 2.64. The molecule has 0 aliphatic carbocycles. The molecule has 1 fully saturated rings. The lowest BCUT2D eigenvalue weighted by Gasteiger charge is -2.32. The first-order valence-corrected chi connectivity index (χ1v) is 8.95. The Hall–Kier alpha value is -1.82. The standard InChI is InChI=1S/C20H26N4O.2ClH/c21-19-4-2-1-3-17(19)5-6-20(25)23-18-9-13-24(14-10-18)15-16-7-11-22-12-8-16;;/h1-4,7-8,11-12,18H,5-6,9-10,13-15,21H2,(H,23,25);2*1H. The molecule has 3 rings (SSSR count). The van der Waals surface area contributed by atoms with Gasteiger partial charge in [-0.3, -0.25) is 14.7 Å². The van der Waals surface area contributed by atoms with Crippen LogP contribution in [0.3, 0.4) is 0 Å². The first-order chi connectivity index (χ1) is 12.2. The molecule has 1 aromatic heterocycles. The van der Waals surface area contributed by atoms with Gasteiger partial charge in [0.05, 0.1) is 0 Å². The number of hydrogen-bond donors (Lipinski definition) is 2. The van der Waals surface area contributed by atoms with Gasteiger partial charge in [0.15, 0.2) is 0 Å². The van der Waals surface area contributed by atoms with Crippen LogP contribution < -0.4 is 11.1 Å². The third-order valence-electron chi connectivity index (χ3n) is 4.78. The highest BCUT2D eigenvalue weighted by Gasteiger charge is 2.20. The number of nitrogens with two attached hydrogens (primary N) is 1. The number of anilines is 1. The van der Waals surface area contributed by atoms with E-state index in [1.165, 1.54) is 5.56 Å². The number of para-hydroxylation sites is 1. The monoisotopic (exact) mass is 410 g/mol. The number of rotatable bonds is 6. The largest absolute Gasteiger partial charge is 0.399 e. The van der Waals surface area contributed by atoms with Crippen LogP contribution in [0.5, 0.6) is 0 Å². The Labute approximate surface area is 173 Å². The second-order valence-electron chi connectivity index (χ2n) is 6.67. The van der Waals surface area contributed by atoms with Gasteiger partial charge in [0.25, 0.3) is 0 Å². The highest BCUT2D eigenvalue weighted by Crippen LogP contribution is 2.15. The van der Waals surface area contributed by atoms with Crippen molar-refractivity contribution in [3.05, 3.63) is 59.9 Å². The summed E-state index contributed by atoms with van der Waals surface area (Å²) in [4.78, 5) is 18.7. The molecule has 0 radical (unpaired) electrons. The minimum Gasteiger partial charge on any atom is -0.399 e. The highest BCUT2D eigenvalue weighted by atomic mass is 35.5. The molecule has 0 spiro atoms. The van der Waals surface area contributed by atoms with Gasteiger partial charge >= 0.3 is 0 Å². The zero-order chi connectivity index (χ0) is 17.5. The Morgan fingerprint density at radius 2 is 1.78 bits per heavy atom. The summed E-state index contributed by atoms with van der Waals surface area (Å²) in [6, 6.07) is 12.1. The number of carbonyl (C=O) groups is 1. The number of nitrogens with zero attached hydrogens (tertiary/aromatic N) is 2. The maximum absolute atomic E-state index is 12.2. The second kappa shape index (κ2) is 11.8. The number of piperidine rings is 1. The van der Waals surface area contributed by atoms with Gasteiger partial charge in [0.1, 0.15) is 0 Å². The molecule has 2 aromatic rings. The van der Waals surface area contributed by atoms with E-state index in [2.05, 4.69) is 27.3 Å². The first-order valence-electron chi connectivity index (χ1n) is 8.95. The summed E-state index contributed by atoms with van der Waals surface area (Å²) in [5.41, 5.74) is 9.03. The van der Waals surface area contributed by atoms with Crippen molar-refractivity contribution in [1.29, 1.82) is 0 Å². The van der Waals surface area contributed by atoms with Crippen molar-refractivity contribution < 1.29 is 4.79 Å². The molecule has 0 saturated carbocycles. The smallest absolute Gasteiger partial charge is 0.220 e. The van der Waals surface area contributed by atoms with E-state index in [4.69, 9.17) is 5.73 Å². The molecule has 1 aliphatic rings. The van der Waals surface area contributed by atoms with Crippen molar-refractivity contribution in [2.24, 2.45) is 0 Å². The molecule has 5 nitrogen and oxygen atoms in total. The van der Waals surface area contributed by atoms with Crippen molar-refractivity contribution in [3.8, 4) is 0 Å². The summed E-state index contributed by atoms with van der Waals surface area (Å²) < 4.78 is 0. The SMILES string of the molecule is Cl.Cl.Nc1ccccc1CCC(=O)NC1CCN(Cc2ccncc2)CC1. The first kappa shape index (κ1) is 23.2. The molecule has 27 heavy (non-hydrogen) atoms. The number of pyridine rings is 1. The fourth-order valence-corrected chi connectivity index (χ4v) is 3.29. The van der Waals surface area contributed by atoms with Crippen molar-refractivity contribution >= 4 is 36.4 Å². The predicted octanol–water partition coefficient (Wildman–Crippen LogP) is 3.22. The molecular formula is C20H28Cl2N4O. The van der Waals surface area contributed by atoms with Crippen LogP contribution in [-0.4, -0.2) is 34.9 Å². The molecule has 1 saturated heterocycles. The van der Waals surface area contributed by atoms with Crippen LogP contribution in [0.25, 0.3) is 0 Å². The van der Waals surface area contributed by atoms with Crippen LogP contribution in [0, 0.1) is 0 Å². The van der Waals surface area contributed by atoms with Crippen LogP contribution in [-0.2, 0) is 17.8 Å². The maximum atomic E-state index is 12.2. The Balaban J connectivity index is 0.00000182. The Kier molecular flexibility index (Phi) is 10.1. The number of aryl methyl sites for hydroxylation is 1. The molecule has 1 aliphatic heterocycles. The summed E-state index contributed by atoms with van der Waals surface area (Å²) in [6.45, 7) is 2.98. The lowest BCUT2D eigenvalue weighted by Crippen LogP contribution is -2.44. The summed E-state index contributed by atoms with van der Waals surface area (Å²) in [5.74, 6) is 0.121. The number of likely N-dealkylation sites (tertiary alicyclic amines) is 1. The van der Waals surface area contributed by atoms with Crippen molar-refractivity contribution in [3.63, 3.8) is 0 Å². The van der Waals surface area contributed by atoms with Crippen molar-refractivity contribution in [2.75, 3.05) is 18.8 Å². The number of nitrogens with one attached hydrogen (secondary N) is 1. The van der Waals surface area contributed by atoms with E-state index in [-0.39, 0.29) is 36.8 Å². The third-order valence-corrected chi connectivity index (χ3v) is 4.78. The highest BCUT2D eigenvalue weighted by molar-refractivity contribution is 5.85. The fraction of sp³-hybridized carbons (Fsp3) is 0.400. The molecule has 0 bridgehead atoms. The number of carbonyl (C=O) groups excluding carboxylic acids is 1. The Morgan fingerprint density at radius 3 is 2.44 bits per heavy atom. The van der Waals surface area contributed by atoms with Crippen LogP contribution in [0.1, 0.15) is 30.4 Å². The van der Waals surface area contributed by atoms with E-state index in [1.807, 2.05) is 36.7 Å². The maximum Gasteiger partial charge on any atom is 0.220 e. The number of hydrogen-bond acceptors (Lipinski definition) is 4. The fourth-order valence-electron chi connectivity index (χ4n) is 3.29. The van der Waals surface area contributed by atoms with E-state index in [9.17, 15) is 4.79 Å². The van der Waals surface area contributed by atoms with E-state index < -0.39 is 0 Å². The van der Waals surface area contributed by atoms with Crippen LogP contribution in [0.4, 0.5) is 5.69 Å². The molecule has 0 atom stereocenters. The van der Waals surface area contributed by atoms with Crippen LogP contribution in [0.2, 0.25) is 0 Å². The summed E-state index contributed by atoms with van der Waals surface area (Å²) in [7, 11) is 0. The molecule has 7 heteroatoms. The zero-order valence-electron chi connectivity index (χ0n) is 15.3. The lowest BCUT2D eigenvalue weighted by atomic mass is 10.0. The van der Waals surface area contributed by atoms with Gasteiger partial charge in [-0.15, -0.1) is 24.8 Å². The minimum atomic E-state index is 0. The van der Waals surface area contributed by atoms with Gasteiger partial charge in [0.2, 0.25) is 5.91 Å². The van der Waals surface area contributed by atoms with Crippen molar-refractivity contribution in [1.82, 2.24) is 15.2 Å². The zero-order valence-corrected chi connectivity index (χ0v) is 17.0. The van der Waals surface area contributed by atoms with E-state index in [0.29, 0.717) is 12.8 Å². The van der Waals surface area contributed by atoms with Crippen molar-refractivity contribution in [2.45, 2.75) is 38.3 Å². The molecule has 148 valence electrons. The molecule has 3 N–H and O–H groups in total. The summed E-state index contributed by atoms with van der Waals surface area (Å²) >= 11 is 0. The van der Waals surface area contributed by atoms with Crippen LogP contribution >= 0.6 is 24.8 Å². The van der Waals surface area contributed by atoms with Gasteiger partial charge in [-0.05, 0) is 48.6 Å². The second-order valence-corrected chi connectivity index (χ2v) is 6.67. The molecule has 1 amide bonds. The van der Waals surface area contributed by atoms with E-state index >= 15 is 0 Å². The summed E-state index contributed by atoms with van der Waals surface area (Å²) in [5, 5.41) is 3.18. The van der Waals surface area contributed by atoms with Gasteiger partial charge in [-0.25, -0.2) is 0 Å². The number of amides is 1. The molecule has 1 aromatic carbocycles. The molecule has 0 unspecified atom stereocenters. The predicted molar refractivity (Wildman–Crippen MR) is 114 cm³/mol. The van der Waals surface area contributed by atoms with Gasteiger partial charge < -0.3 is 11.1 Å². The van der Waals surface area contributed by atoms with Gasteiger partial charge in [-0.1, -0.05) is 18.2 Å².